The molecule has 0 nitrogen and oxygen atoms in total. The van der Waals surface area contributed by atoms with Crippen LogP contribution in [0.3, 0.4) is 0 Å². The Kier molecular flexibility index (Phi) is 4.86. The van der Waals surface area contributed by atoms with Gasteiger partial charge in [0.25, 0.3) is 0 Å². The average molecular weight is 210 g/mol. The summed E-state index contributed by atoms with van der Waals surface area (Å²) in [5.41, 5.74) is 3.09. The molecule has 0 N–H and O–H groups in total. The Balaban J connectivity index is 5.28. The summed E-state index contributed by atoms with van der Waals surface area (Å²) < 4.78 is 0. The van der Waals surface area contributed by atoms with E-state index in [0.29, 0.717) is 0 Å². The average Bonchev–Trinajstić information content (AvgIpc) is 2.13. The van der Waals surface area contributed by atoms with Crippen LogP contribution in [0, 0.1) is 0 Å². The van der Waals surface area contributed by atoms with E-state index in [9.17, 15) is 0 Å². The van der Waals surface area contributed by atoms with E-state index in [-0.39, 0.29) is 0 Å². The molecule has 0 amide bonds. The summed E-state index contributed by atoms with van der Waals surface area (Å²) >= 11 is 0. The Labute approximate surface area is 91.1 Å². The smallest absolute Gasteiger partial charge is 0.0810 e. The van der Waals surface area contributed by atoms with Crippen LogP contribution in [0.4, 0.5) is 0 Å². The second-order valence-electron chi connectivity index (χ2n) is 5.01. The van der Waals surface area contributed by atoms with Crippen molar-refractivity contribution < 1.29 is 0 Å². The van der Waals surface area contributed by atoms with Gasteiger partial charge in [-0.2, -0.15) is 0 Å². The van der Waals surface area contributed by atoms with E-state index in [1.54, 1.807) is 16.0 Å². The standard InChI is InChI=1S/C13H26Si/c1-9-11(4)13(6)14(7,8)12(5)10(2)3/h9H2,1-8H3/b13-11-. The van der Waals surface area contributed by atoms with Crippen LogP contribution < -0.4 is 0 Å². The van der Waals surface area contributed by atoms with Gasteiger partial charge in [0.05, 0.1) is 0 Å². The number of hydrogen-bond donors (Lipinski definition) is 0. The van der Waals surface area contributed by atoms with E-state index < -0.39 is 8.07 Å². The van der Waals surface area contributed by atoms with Crippen molar-refractivity contribution >= 4 is 8.07 Å². The molecule has 0 aliphatic heterocycles. The lowest BCUT2D eigenvalue weighted by Gasteiger charge is -2.28. The Morgan fingerprint density at radius 2 is 1.29 bits per heavy atom. The summed E-state index contributed by atoms with van der Waals surface area (Å²) in [6, 6.07) is 0. The van der Waals surface area contributed by atoms with Gasteiger partial charge in [-0.05, 0) is 41.0 Å². The summed E-state index contributed by atoms with van der Waals surface area (Å²) in [5.74, 6) is 0. The largest absolute Gasteiger partial charge is 0.102 e. The van der Waals surface area contributed by atoms with Crippen molar-refractivity contribution in [3.8, 4) is 0 Å². The maximum Gasteiger partial charge on any atom is 0.102 e. The molecular weight excluding hydrogens is 184 g/mol. The first kappa shape index (κ1) is 13.7. The molecule has 0 atom stereocenters. The summed E-state index contributed by atoms with van der Waals surface area (Å²) in [5, 5.41) is 3.31. The lowest BCUT2D eigenvalue weighted by atomic mass is 10.2. The highest BCUT2D eigenvalue weighted by molar-refractivity contribution is 6.90. The Hall–Kier alpha value is -0.303. The SMILES string of the molecule is CC/C(C)=C(/C)[Si](C)(C)C(C)=C(C)C. The molecule has 14 heavy (non-hydrogen) atoms. The van der Waals surface area contributed by atoms with Crippen LogP contribution in [-0.4, -0.2) is 8.07 Å². The fourth-order valence-corrected chi connectivity index (χ4v) is 4.76. The van der Waals surface area contributed by atoms with Crippen molar-refractivity contribution in [2.75, 3.05) is 0 Å². The van der Waals surface area contributed by atoms with Crippen molar-refractivity contribution in [3.63, 3.8) is 0 Å². The summed E-state index contributed by atoms with van der Waals surface area (Å²) in [6.07, 6.45) is 1.19. The predicted molar refractivity (Wildman–Crippen MR) is 70.2 cm³/mol. The molecule has 0 aromatic rings. The van der Waals surface area contributed by atoms with Gasteiger partial charge in [0.1, 0.15) is 8.07 Å². The lowest BCUT2D eigenvalue weighted by molar-refractivity contribution is 1.07. The molecule has 0 bridgehead atoms. The first-order valence-electron chi connectivity index (χ1n) is 5.56. The quantitative estimate of drug-likeness (QED) is 0.583. The molecule has 0 aliphatic rings. The van der Waals surface area contributed by atoms with E-state index >= 15 is 0 Å². The summed E-state index contributed by atoms with van der Waals surface area (Å²) in [6.45, 7) is 18.6. The highest BCUT2D eigenvalue weighted by atomic mass is 28.3. The summed E-state index contributed by atoms with van der Waals surface area (Å²) in [7, 11) is -1.30. The number of hydrogen-bond acceptors (Lipinski definition) is 0. The van der Waals surface area contributed by atoms with Gasteiger partial charge in [0, 0.05) is 0 Å². The maximum absolute atomic E-state index is 2.46. The molecule has 0 fully saturated rings. The second-order valence-corrected chi connectivity index (χ2v) is 9.76. The predicted octanol–water partition coefficient (Wildman–Crippen LogP) is 4.88. The Bertz CT molecular complexity index is 263. The topological polar surface area (TPSA) is 0 Å². The van der Waals surface area contributed by atoms with Crippen LogP contribution in [-0.2, 0) is 0 Å². The molecular formula is C13H26Si. The molecule has 0 saturated carbocycles. The van der Waals surface area contributed by atoms with Gasteiger partial charge >= 0.3 is 0 Å². The fraction of sp³-hybridized carbons (Fsp3) is 0.692. The maximum atomic E-state index is 2.46. The molecule has 0 spiro atoms. The lowest BCUT2D eigenvalue weighted by Crippen LogP contribution is -2.31. The normalized spacial score (nSPS) is 13.7. The van der Waals surface area contributed by atoms with E-state index in [0.717, 1.165) is 0 Å². The fourth-order valence-electron chi connectivity index (χ4n) is 1.70. The Morgan fingerprint density at radius 3 is 1.57 bits per heavy atom. The van der Waals surface area contributed by atoms with Gasteiger partial charge in [0.2, 0.25) is 0 Å². The number of rotatable bonds is 3. The van der Waals surface area contributed by atoms with Crippen LogP contribution in [0.25, 0.3) is 0 Å². The minimum Gasteiger partial charge on any atom is -0.0810 e. The van der Waals surface area contributed by atoms with Crippen LogP contribution in [0.2, 0.25) is 13.1 Å². The number of allylic oxidation sites excluding steroid dienone is 4. The van der Waals surface area contributed by atoms with Crippen LogP contribution in [0.1, 0.15) is 48.0 Å². The highest BCUT2D eigenvalue weighted by Crippen LogP contribution is 2.28. The van der Waals surface area contributed by atoms with Crippen LogP contribution in [0.15, 0.2) is 21.5 Å². The van der Waals surface area contributed by atoms with E-state index in [2.05, 4.69) is 54.6 Å². The molecule has 0 unspecified atom stereocenters. The molecule has 0 radical (unpaired) electrons. The van der Waals surface area contributed by atoms with Crippen LogP contribution in [0.5, 0.6) is 0 Å². The summed E-state index contributed by atoms with van der Waals surface area (Å²) in [4.78, 5) is 0. The van der Waals surface area contributed by atoms with E-state index in [1.165, 1.54) is 12.0 Å². The minimum absolute atomic E-state index is 1.19. The highest BCUT2D eigenvalue weighted by Gasteiger charge is 2.26. The van der Waals surface area contributed by atoms with Crippen LogP contribution >= 0.6 is 0 Å². The zero-order valence-electron chi connectivity index (χ0n) is 11.2. The van der Waals surface area contributed by atoms with Crippen molar-refractivity contribution in [1.82, 2.24) is 0 Å². The van der Waals surface area contributed by atoms with Crippen molar-refractivity contribution in [2.24, 2.45) is 0 Å². The minimum atomic E-state index is -1.30. The van der Waals surface area contributed by atoms with Gasteiger partial charge in [0.15, 0.2) is 0 Å². The van der Waals surface area contributed by atoms with Gasteiger partial charge in [-0.3, -0.25) is 0 Å². The molecule has 0 aliphatic carbocycles. The molecule has 0 aromatic carbocycles. The third kappa shape index (κ3) is 2.84. The van der Waals surface area contributed by atoms with E-state index in [1.807, 2.05) is 0 Å². The first-order valence-corrected chi connectivity index (χ1v) is 8.56. The molecule has 0 aromatic heterocycles. The van der Waals surface area contributed by atoms with E-state index in [4.69, 9.17) is 0 Å². The van der Waals surface area contributed by atoms with Crippen molar-refractivity contribution in [2.45, 2.75) is 61.1 Å². The van der Waals surface area contributed by atoms with Crippen molar-refractivity contribution in [1.29, 1.82) is 0 Å². The zero-order valence-corrected chi connectivity index (χ0v) is 12.2. The monoisotopic (exact) mass is 210 g/mol. The van der Waals surface area contributed by atoms with Gasteiger partial charge in [-0.15, -0.1) is 0 Å². The molecule has 0 heterocycles. The molecule has 82 valence electrons. The first-order chi connectivity index (χ1) is 6.25. The molecule has 0 saturated heterocycles. The molecule has 1 heteroatoms. The van der Waals surface area contributed by atoms with Gasteiger partial charge in [-0.1, -0.05) is 41.6 Å². The zero-order chi connectivity index (χ0) is 11.5. The van der Waals surface area contributed by atoms with Gasteiger partial charge < -0.3 is 0 Å². The molecule has 0 rings (SSSR count). The van der Waals surface area contributed by atoms with Crippen molar-refractivity contribution in [3.05, 3.63) is 21.5 Å². The third-order valence-electron chi connectivity index (χ3n) is 3.80. The second kappa shape index (κ2) is 4.97. The third-order valence-corrected chi connectivity index (χ3v) is 8.47. The van der Waals surface area contributed by atoms with Gasteiger partial charge in [-0.25, -0.2) is 0 Å². The Morgan fingerprint density at radius 1 is 0.857 bits per heavy atom.